The molecule has 26 heavy (non-hydrogen) atoms. The van der Waals surface area contributed by atoms with Gasteiger partial charge in [0, 0.05) is 25.8 Å². The molecule has 2 aromatic carbocycles. The van der Waals surface area contributed by atoms with Crippen molar-refractivity contribution in [2.45, 2.75) is 26.5 Å². The average molecular weight is 382 g/mol. The van der Waals surface area contributed by atoms with E-state index in [0.717, 1.165) is 31.7 Å². The van der Waals surface area contributed by atoms with Crippen molar-refractivity contribution in [1.82, 2.24) is 5.32 Å². The van der Waals surface area contributed by atoms with Crippen LogP contribution in [0.5, 0.6) is 11.5 Å². The van der Waals surface area contributed by atoms with E-state index < -0.39 is 0 Å². The van der Waals surface area contributed by atoms with Gasteiger partial charge in [0.05, 0.1) is 11.6 Å². The quantitative estimate of drug-likeness (QED) is 0.578. The zero-order valence-corrected chi connectivity index (χ0v) is 15.9. The van der Waals surface area contributed by atoms with Gasteiger partial charge in [-0.1, -0.05) is 23.7 Å². The monoisotopic (exact) mass is 381 g/mol. The highest BCUT2D eigenvalue weighted by molar-refractivity contribution is 6.31. The molecule has 4 nitrogen and oxygen atoms in total. The van der Waals surface area contributed by atoms with Crippen molar-refractivity contribution >= 4 is 11.6 Å². The van der Waals surface area contributed by atoms with Crippen molar-refractivity contribution in [3.05, 3.63) is 58.4 Å². The van der Waals surface area contributed by atoms with Gasteiger partial charge in [0.1, 0.15) is 12.4 Å². The summed E-state index contributed by atoms with van der Waals surface area (Å²) >= 11 is 6.05. The van der Waals surface area contributed by atoms with Crippen LogP contribution >= 0.6 is 11.6 Å². The summed E-state index contributed by atoms with van der Waals surface area (Å²) in [6, 6.07) is 10.3. The Morgan fingerprint density at radius 1 is 1.12 bits per heavy atom. The minimum absolute atomic E-state index is 0.0419. The summed E-state index contributed by atoms with van der Waals surface area (Å²) in [4.78, 5) is 0. The van der Waals surface area contributed by atoms with Crippen LogP contribution in [0.2, 0.25) is 5.02 Å². The van der Waals surface area contributed by atoms with E-state index in [-0.39, 0.29) is 12.4 Å². The first-order chi connectivity index (χ1) is 12.7. The van der Waals surface area contributed by atoms with Gasteiger partial charge in [0.2, 0.25) is 0 Å². The van der Waals surface area contributed by atoms with Gasteiger partial charge in [0.15, 0.2) is 11.5 Å². The fourth-order valence-electron chi connectivity index (χ4n) is 2.44. The van der Waals surface area contributed by atoms with Crippen molar-refractivity contribution in [3.63, 3.8) is 0 Å². The van der Waals surface area contributed by atoms with Crippen LogP contribution < -0.4 is 14.8 Å². The van der Waals surface area contributed by atoms with E-state index in [1.54, 1.807) is 19.2 Å². The van der Waals surface area contributed by atoms with E-state index in [4.69, 9.17) is 25.8 Å². The summed E-state index contributed by atoms with van der Waals surface area (Å²) in [5, 5.41) is 3.70. The molecule has 142 valence electrons. The lowest BCUT2D eigenvalue weighted by atomic mass is 10.2. The maximum absolute atomic E-state index is 13.9. The molecule has 6 heteroatoms. The second kappa shape index (κ2) is 11.0. The van der Waals surface area contributed by atoms with E-state index in [9.17, 15) is 4.39 Å². The van der Waals surface area contributed by atoms with Crippen molar-refractivity contribution in [2.24, 2.45) is 0 Å². The third kappa shape index (κ3) is 6.16. The lowest BCUT2D eigenvalue weighted by Gasteiger charge is -2.14. The van der Waals surface area contributed by atoms with Crippen LogP contribution in [0.4, 0.5) is 4.39 Å². The zero-order valence-electron chi connectivity index (χ0n) is 15.2. The largest absolute Gasteiger partial charge is 0.490 e. The van der Waals surface area contributed by atoms with Crippen LogP contribution in [0.15, 0.2) is 36.4 Å². The SMILES string of the molecule is CCOc1cc(CNCCCOC)ccc1OCc1c(F)cccc1Cl. The summed E-state index contributed by atoms with van der Waals surface area (Å²) in [5.74, 6) is 0.817. The number of halogens is 2. The molecule has 2 aromatic rings. The lowest BCUT2D eigenvalue weighted by Crippen LogP contribution is -2.16. The summed E-state index contributed by atoms with van der Waals surface area (Å²) in [5.41, 5.74) is 1.42. The van der Waals surface area contributed by atoms with Crippen LogP contribution in [-0.4, -0.2) is 26.9 Å². The molecule has 0 aromatic heterocycles. The smallest absolute Gasteiger partial charge is 0.161 e. The molecule has 0 aliphatic heterocycles. The molecule has 2 rings (SSSR count). The standard InChI is InChI=1S/C20H25ClFNO3/c1-3-25-20-12-15(13-23-10-5-11-24-2)8-9-19(20)26-14-16-17(21)6-4-7-18(16)22/h4,6-9,12,23H,3,5,10-11,13-14H2,1-2H3. The number of nitrogens with one attached hydrogen (secondary N) is 1. The van der Waals surface area contributed by atoms with Gasteiger partial charge in [0.25, 0.3) is 0 Å². The molecule has 0 heterocycles. The molecule has 0 unspecified atom stereocenters. The molecule has 0 amide bonds. The summed E-state index contributed by atoms with van der Waals surface area (Å²) in [6.07, 6.45) is 0.958. The fraction of sp³-hybridized carbons (Fsp3) is 0.400. The minimum atomic E-state index is -0.382. The molecule has 1 N–H and O–H groups in total. The highest BCUT2D eigenvalue weighted by atomic mass is 35.5. The number of methoxy groups -OCH3 is 1. The molecule has 0 aliphatic rings. The van der Waals surface area contributed by atoms with E-state index in [0.29, 0.717) is 28.7 Å². The Balaban J connectivity index is 2.01. The van der Waals surface area contributed by atoms with Crippen molar-refractivity contribution in [3.8, 4) is 11.5 Å². The van der Waals surface area contributed by atoms with Crippen molar-refractivity contribution in [1.29, 1.82) is 0 Å². The van der Waals surface area contributed by atoms with Crippen molar-refractivity contribution in [2.75, 3.05) is 26.9 Å². The van der Waals surface area contributed by atoms with Gasteiger partial charge in [-0.15, -0.1) is 0 Å². The molecule has 0 atom stereocenters. The number of hydrogen-bond donors (Lipinski definition) is 1. The molecule has 0 aliphatic carbocycles. The molecule has 0 fully saturated rings. The molecule has 0 spiro atoms. The third-order valence-electron chi connectivity index (χ3n) is 3.77. The second-order valence-electron chi connectivity index (χ2n) is 5.73. The summed E-state index contributed by atoms with van der Waals surface area (Å²) < 4.78 is 30.3. The van der Waals surface area contributed by atoms with Crippen LogP contribution in [0.3, 0.4) is 0 Å². The Bertz CT molecular complexity index is 677. The third-order valence-corrected chi connectivity index (χ3v) is 4.13. The van der Waals surface area contributed by atoms with Gasteiger partial charge < -0.3 is 19.5 Å². The predicted molar refractivity (Wildman–Crippen MR) is 102 cm³/mol. The Kier molecular flexibility index (Phi) is 8.68. The number of benzene rings is 2. The Morgan fingerprint density at radius 2 is 1.96 bits per heavy atom. The van der Waals surface area contributed by atoms with Crippen LogP contribution in [0.1, 0.15) is 24.5 Å². The first-order valence-electron chi connectivity index (χ1n) is 8.66. The fourth-order valence-corrected chi connectivity index (χ4v) is 2.66. The number of hydrogen-bond acceptors (Lipinski definition) is 4. The van der Waals surface area contributed by atoms with Gasteiger partial charge in [-0.25, -0.2) is 4.39 Å². The zero-order chi connectivity index (χ0) is 18.8. The van der Waals surface area contributed by atoms with Gasteiger partial charge >= 0.3 is 0 Å². The number of ether oxygens (including phenoxy) is 3. The van der Waals surface area contributed by atoms with Crippen LogP contribution in [-0.2, 0) is 17.9 Å². The molecule has 0 bridgehead atoms. The highest BCUT2D eigenvalue weighted by Crippen LogP contribution is 2.30. The topological polar surface area (TPSA) is 39.7 Å². The average Bonchev–Trinajstić information content (AvgIpc) is 2.63. The first-order valence-corrected chi connectivity index (χ1v) is 9.04. The van der Waals surface area contributed by atoms with Crippen LogP contribution in [0.25, 0.3) is 0 Å². The maximum atomic E-state index is 13.9. The predicted octanol–water partition coefficient (Wildman–Crippen LogP) is 4.58. The van der Waals surface area contributed by atoms with Gasteiger partial charge in [-0.05, 0) is 49.7 Å². The van der Waals surface area contributed by atoms with E-state index >= 15 is 0 Å². The lowest BCUT2D eigenvalue weighted by molar-refractivity contribution is 0.194. The molecular formula is C20H25ClFNO3. The minimum Gasteiger partial charge on any atom is -0.490 e. The maximum Gasteiger partial charge on any atom is 0.161 e. The Morgan fingerprint density at radius 3 is 2.69 bits per heavy atom. The molecular weight excluding hydrogens is 357 g/mol. The van der Waals surface area contributed by atoms with Gasteiger partial charge in [-0.2, -0.15) is 0 Å². The van der Waals surface area contributed by atoms with Crippen LogP contribution in [0, 0.1) is 5.82 Å². The first kappa shape index (κ1) is 20.5. The summed E-state index contributed by atoms with van der Waals surface area (Å²) in [6.45, 7) is 4.81. The Labute approximate surface area is 159 Å². The molecule has 0 saturated heterocycles. The second-order valence-corrected chi connectivity index (χ2v) is 6.13. The summed E-state index contributed by atoms with van der Waals surface area (Å²) in [7, 11) is 1.70. The number of rotatable bonds is 11. The van der Waals surface area contributed by atoms with Gasteiger partial charge in [-0.3, -0.25) is 0 Å². The normalized spacial score (nSPS) is 10.8. The molecule has 0 saturated carbocycles. The van der Waals surface area contributed by atoms with E-state index in [2.05, 4.69) is 5.32 Å². The molecule has 0 radical (unpaired) electrons. The van der Waals surface area contributed by atoms with Crippen molar-refractivity contribution < 1.29 is 18.6 Å². The Hall–Kier alpha value is -1.82. The highest BCUT2D eigenvalue weighted by Gasteiger charge is 2.11. The van der Waals surface area contributed by atoms with E-state index in [1.807, 2.05) is 25.1 Å². The van der Waals surface area contributed by atoms with E-state index in [1.165, 1.54) is 6.07 Å².